The normalized spacial score (nSPS) is 10.6. The molecule has 0 amide bonds. The molecular weight excluding hydrogens is 184 g/mol. The molecule has 0 aliphatic carbocycles. The van der Waals surface area contributed by atoms with E-state index in [-0.39, 0.29) is 0 Å². The van der Waals surface area contributed by atoms with Crippen molar-refractivity contribution in [2.24, 2.45) is 12.8 Å². The van der Waals surface area contributed by atoms with E-state index in [1.54, 1.807) is 16.0 Å². The van der Waals surface area contributed by atoms with Gasteiger partial charge < -0.3 is 5.73 Å². The second-order valence-corrected chi connectivity index (χ2v) is 3.65. The van der Waals surface area contributed by atoms with Crippen molar-refractivity contribution >= 4 is 11.3 Å². The van der Waals surface area contributed by atoms with E-state index in [2.05, 4.69) is 10.1 Å². The Morgan fingerprint density at radius 1 is 1.54 bits per heavy atom. The largest absolute Gasteiger partial charge is 0.325 e. The number of rotatable bonds is 2. The molecule has 68 valence electrons. The molecule has 0 atom stereocenters. The van der Waals surface area contributed by atoms with Gasteiger partial charge in [0.25, 0.3) is 0 Å². The Bertz CT molecular complexity index is 404. The van der Waals surface area contributed by atoms with E-state index in [0.717, 1.165) is 16.4 Å². The summed E-state index contributed by atoms with van der Waals surface area (Å²) in [5.74, 6) is 0. The summed E-state index contributed by atoms with van der Waals surface area (Å²) in [6.07, 6.45) is 1.90. The number of aryl methyl sites for hydroxylation is 1. The van der Waals surface area contributed by atoms with E-state index in [9.17, 15) is 0 Å². The predicted molar refractivity (Wildman–Crippen MR) is 52.2 cm³/mol. The van der Waals surface area contributed by atoms with Crippen molar-refractivity contribution in [3.63, 3.8) is 0 Å². The van der Waals surface area contributed by atoms with Crippen LogP contribution in [0.1, 0.15) is 5.01 Å². The molecule has 2 rings (SSSR count). The zero-order valence-electron chi connectivity index (χ0n) is 7.27. The molecule has 2 aromatic heterocycles. The molecule has 0 aromatic carbocycles. The van der Waals surface area contributed by atoms with Gasteiger partial charge in [-0.05, 0) is 6.07 Å². The van der Waals surface area contributed by atoms with Crippen molar-refractivity contribution in [3.8, 4) is 11.4 Å². The molecule has 0 saturated heterocycles. The number of nitrogens with zero attached hydrogens (tertiary/aromatic N) is 3. The summed E-state index contributed by atoms with van der Waals surface area (Å²) in [5.41, 5.74) is 7.28. The molecule has 13 heavy (non-hydrogen) atoms. The zero-order valence-corrected chi connectivity index (χ0v) is 8.08. The Hall–Kier alpha value is -1.20. The summed E-state index contributed by atoms with van der Waals surface area (Å²) >= 11 is 1.57. The molecule has 0 bridgehead atoms. The fourth-order valence-electron chi connectivity index (χ4n) is 1.07. The molecule has 0 saturated carbocycles. The van der Waals surface area contributed by atoms with Crippen LogP contribution in [-0.2, 0) is 13.6 Å². The molecular formula is C8H10N4S. The van der Waals surface area contributed by atoms with Crippen LogP contribution in [0.5, 0.6) is 0 Å². The lowest BCUT2D eigenvalue weighted by molar-refractivity contribution is 0.770. The molecule has 0 aliphatic heterocycles. The number of hydrogen-bond acceptors (Lipinski definition) is 4. The third-order valence-corrected chi connectivity index (χ3v) is 2.57. The maximum Gasteiger partial charge on any atom is 0.112 e. The van der Waals surface area contributed by atoms with Gasteiger partial charge in [-0.3, -0.25) is 4.68 Å². The summed E-state index contributed by atoms with van der Waals surface area (Å²) in [7, 11) is 1.89. The lowest BCUT2D eigenvalue weighted by atomic mass is 10.3. The molecule has 5 heteroatoms. The first-order chi connectivity index (χ1) is 6.29. The highest BCUT2D eigenvalue weighted by molar-refractivity contribution is 7.09. The van der Waals surface area contributed by atoms with Gasteiger partial charge in [-0.25, -0.2) is 4.98 Å². The van der Waals surface area contributed by atoms with Gasteiger partial charge in [0.1, 0.15) is 16.4 Å². The number of nitrogens with two attached hydrogens (primary N) is 1. The molecule has 2 heterocycles. The topological polar surface area (TPSA) is 56.7 Å². The third kappa shape index (κ3) is 1.61. The summed E-state index contributed by atoms with van der Waals surface area (Å²) in [6.45, 7) is 0.498. The molecule has 0 unspecified atom stereocenters. The first-order valence-corrected chi connectivity index (χ1v) is 4.82. The van der Waals surface area contributed by atoms with Crippen molar-refractivity contribution in [1.82, 2.24) is 14.8 Å². The van der Waals surface area contributed by atoms with Crippen LogP contribution in [0, 0.1) is 0 Å². The first kappa shape index (κ1) is 8.40. The standard InChI is InChI=1S/C8H10N4S/c1-12-3-2-6(11-12)7-5-13-8(4-9)10-7/h2-3,5H,4,9H2,1H3. The quantitative estimate of drug-likeness (QED) is 0.776. The fraction of sp³-hybridized carbons (Fsp3) is 0.250. The minimum atomic E-state index is 0.498. The summed E-state index contributed by atoms with van der Waals surface area (Å²) < 4.78 is 1.76. The SMILES string of the molecule is Cn1ccc(-c2csc(CN)n2)n1. The van der Waals surface area contributed by atoms with Crippen molar-refractivity contribution < 1.29 is 0 Å². The number of aromatic nitrogens is 3. The van der Waals surface area contributed by atoms with Gasteiger partial charge >= 0.3 is 0 Å². The molecule has 0 spiro atoms. The van der Waals surface area contributed by atoms with E-state index in [4.69, 9.17) is 5.73 Å². The molecule has 2 N–H and O–H groups in total. The van der Waals surface area contributed by atoms with E-state index >= 15 is 0 Å². The minimum Gasteiger partial charge on any atom is -0.325 e. The molecule has 4 nitrogen and oxygen atoms in total. The summed E-state index contributed by atoms with van der Waals surface area (Å²) in [5, 5.41) is 7.17. The van der Waals surface area contributed by atoms with E-state index in [0.29, 0.717) is 6.54 Å². The monoisotopic (exact) mass is 194 g/mol. The number of thiazole rings is 1. The first-order valence-electron chi connectivity index (χ1n) is 3.94. The smallest absolute Gasteiger partial charge is 0.112 e. The summed E-state index contributed by atoms with van der Waals surface area (Å²) in [6, 6.07) is 1.94. The Balaban J connectivity index is 2.35. The maximum absolute atomic E-state index is 5.47. The highest BCUT2D eigenvalue weighted by atomic mass is 32.1. The van der Waals surface area contributed by atoms with Crippen LogP contribution in [0.3, 0.4) is 0 Å². The van der Waals surface area contributed by atoms with Crippen LogP contribution in [0.25, 0.3) is 11.4 Å². The van der Waals surface area contributed by atoms with Crippen LogP contribution >= 0.6 is 11.3 Å². The Morgan fingerprint density at radius 3 is 2.92 bits per heavy atom. The van der Waals surface area contributed by atoms with Crippen molar-refractivity contribution in [2.45, 2.75) is 6.54 Å². The van der Waals surface area contributed by atoms with E-state index < -0.39 is 0 Å². The summed E-state index contributed by atoms with van der Waals surface area (Å²) in [4.78, 5) is 4.33. The molecule has 0 radical (unpaired) electrons. The molecule has 0 aliphatic rings. The number of hydrogen-bond donors (Lipinski definition) is 1. The molecule has 2 aromatic rings. The van der Waals surface area contributed by atoms with Gasteiger partial charge in [-0.1, -0.05) is 0 Å². The fourth-order valence-corrected chi connectivity index (χ4v) is 1.74. The second-order valence-electron chi connectivity index (χ2n) is 2.71. The van der Waals surface area contributed by atoms with Crippen LogP contribution < -0.4 is 5.73 Å². The van der Waals surface area contributed by atoms with E-state index in [1.165, 1.54) is 0 Å². The lowest BCUT2D eigenvalue weighted by Gasteiger charge is -1.88. The van der Waals surface area contributed by atoms with Gasteiger partial charge in [0.15, 0.2) is 0 Å². The predicted octanol–water partition coefficient (Wildman–Crippen LogP) is 1.00. The van der Waals surface area contributed by atoms with Gasteiger partial charge in [-0.15, -0.1) is 11.3 Å². The Kier molecular flexibility index (Phi) is 2.12. The van der Waals surface area contributed by atoms with Gasteiger partial charge in [0.2, 0.25) is 0 Å². The van der Waals surface area contributed by atoms with Crippen molar-refractivity contribution in [3.05, 3.63) is 22.7 Å². The zero-order chi connectivity index (χ0) is 9.26. The van der Waals surface area contributed by atoms with Crippen LogP contribution in [-0.4, -0.2) is 14.8 Å². The Labute approximate surface area is 80.0 Å². The van der Waals surface area contributed by atoms with Gasteiger partial charge in [-0.2, -0.15) is 5.10 Å². The Morgan fingerprint density at radius 2 is 2.38 bits per heavy atom. The second kappa shape index (κ2) is 3.27. The lowest BCUT2D eigenvalue weighted by Crippen LogP contribution is -1.94. The average Bonchev–Trinajstić information content (AvgIpc) is 2.71. The van der Waals surface area contributed by atoms with Crippen LogP contribution in [0.4, 0.5) is 0 Å². The average molecular weight is 194 g/mol. The molecule has 0 fully saturated rings. The highest BCUT2D eigenvalue weighted by Crippen LogP contribution is 2.19. The van der Waals surface area contributed by atoms with Gasteiger partial charge in [0, 0.05) is 25.2 Å². The van der Waals surface area contributed by atoms with Crippen molar-refractivity contribution in [2.75, 3.05) is 0 Å². The highest BCUT2D eigenvalue weighted by Gasteiger charge is 2.05. The third-order valence-electron chi connectivity index (χ3n) is 1.70. The van der Waals surface area contributed by atoms with E-state index in [1.807, 2.05) is 24.7 Å². The maximum atomic E-state index is 5.47. The van der Waals surface area contributed by atoms with Crippen molar-refractivity contribution in [1.29, 1.82) is 0 Å². The minimum absolute atomic E-state index is 0.498. The van der Waals surface area contributed by atoms with Crippen LogP contribution in [0.2, 0.25) is 0 Å². The van der Waals surface area contributed by atoms with Gasteiger partial charge in [0.05, 0.1) is 0 Å². The van der Waals surface area contributed by atoms with Crippen LogP contribution in [0.15, 0.2) is 17.6 Å².